The standard InChI is InChI=1S/C19H24N2O2S/c1-22-17-6-4-15(5-7-17)20-16-11-19(23-13-16)8-9-21(14-19)12-18-3-2-10-24-18/h2-7,10,16,20H,8-9,11-14H2,1H3. The van der Waals surface area contributed by atoms with E-state index >= 15 is 0 Å². The average Bonchev–Trinajstić information content (AvgIpc) is 3.33. The normalized spacial score (nSPS) is 27.0. The van der Waals surface area contributed by atoms with Gasteiger partial charge in [-0.15, -0.1) is 11.3 Å². The second-order valence-corrected chi connectivity index (χ2v) is 7.84. The lowest BCUT2D eigenvalue weighted by Gasteiger charge is -2.23. The minimum Gasteiger partial charge on any atom is -0.497 e. The summed E-state index contributed by atoms with van der Waals surface area (Å²) in [6.07, 6.45) is 2.22. The van der Waals surface area contributed by atoms with Crippen molar-refractivity contribution in [2.75, 3.05) is 32.1 Å². The Morgan fingerprint density at radius 3 is 2.96 bits per heavy atom. The van der Waals surface area contributed by atoms with Gasteiger partial charge in [0.2, 0.25) is 0 Å². The number of likely N-dealkylation sites (tertiary alicyclic amines) is 1. The first-order chi connectivity index (χ1) is 11.7. The van der Waals surface area contributed by atoms with E-state index in [9.17, 15) is 0 Å². The Hall–Kier alpha value is -1.56. The number of nitrogens with one attached hydrogen (secondary N) is 1. The van der Waals surface area contributed by atoms with Crippen LogP contribution in [-0.4, -0.2) is 43.3 Å². The van der Waals surface area contributed by atoms with Crippen LogP contribution >= 0.6 is 11.3 Å². The fraction of sp³-hybridized carbons (Fsp3) is 0.474. The van der Waals surface area contributed by atoms with Crippen molar-refractivity contribution < 1.29 is 9.47 Å². The van der Waals surface area contributed by atoms with Gasteiger partial charge < -0.3 is 14.8 Å². The van der Waals surface area contributed by atoms with E-state index in [0.29, 0.717) is 6.04 Å². The summed E-state index contributed by atoms with van der Waals surface area (Å²) < 4.78 is 11.5. The maximum atomic E-state index is 6.26. The molecule has 0 saturated carbocycles. The van der Waals surface area contributed by atoms with Crippen LogP contribution in [-0.2, 0) is 11.3 Å². The van der Waals surface area contributed by atoms with Gasteiger partial charge >= 0.3 is 0 Å². The summed E-state index contributed by atoms with van der Waals surface area (Å²) in [4.78, 5) is 3.97. The summed E-state index contributed by atoms with van der Waals surface area (Å²) >= 11 is 1.84. The summed E-state index contributed by atoms with van der Waals surface area (Å²) in [5.41, 5.74) is 1.18. The molecule has 1 aromatic carbocycles. The van der Waals surface area contributed by atoms with Gasteiger partial charge in [-0.25, -0.2) is 0 Å². The van der Waals surface area contributed by atoms with Crippen LogP contribution in [0.3, 0.4) is 0 Å². The van der Waals surface area contributed by atoms with E-state index < -0.39 is 0 Å². The van der Waals surface area contributed by atoms with Gasteiger partial charge in [0.25, 0.3) is 0 Å². The van der Waals surface area contributed by atoms with Crippen molar-refractivity contribution in [2.45, 2.75) is 31.0 Å². The molecule has 2 unspecified atom stereocenters. The van der Waals surface area contributed by atoms with Crippen molar-refractivity contribution in [3.63, 3.8) is 0 Å². The number of anilines is 1. The first-order valence-corrected chi connectivity index (χ1v) is 9.42. The lowest BCUT2D eigenvalue weighted by atomic mass is 9.97. The van der Waals surface area contributed by atoms with E-state index in [1.54, 1.807) is 7.11 Å². The predicted octanol–water partition coefficient (Wildman–Crippen LogP) is 3.60. The fourth-order valence-electron chi connectivity index (χ4n) is 3.83. The van der Waals surface area contributed by atoms with Crippen LogP contribution in [0.2, 0.25) is 0 Å². The maximum Gasteiger partial charge on any atom is 0.119 e. The smallest absolute Gasteiger partial charge is 0.119 e. The molecule has 2 saturated heterocycles. The van der Waals surface area contributed by atoms with Crippen molar-refractivity contribution in [2.24, 2.45) is 0 Å². The summed E-state index contributed by atoms with van der Waals surface area (Å²) in [5.74, 6) is 0.889. The lowest BCUT2D eigenvalue weighted by molar-refractivity contribution is 0.0120. The molecule has 0 radical (unpaired) electrons. The topological polar surface area (TPSA) is 33.7 Å². The molecule has 1 aromatic heterocycles. The molecule has 24 heavy (non-hydrogen) atoms. The van der Waals surface area contributed by atoms with Gasteiger partial charge in [-0.2, -0.15) is 0 Å². The Morgan fingerprint density at radius 2 is 2.21 bits per heavy atom. The van der Waals surface area contributed by atoms with E-state index in [2.05, 4.69) is 39.9 Å². The minimum atomic E-state index is 0.0431. The Balaban J connectivity index is 1.32. The zero-order valence-electron chi connectivity index (χ0n) is 14.0. The van der Waals surface area contributed by atoms with E-state index in [1.165, 1.54) is 4.88 Å². The van der Waals surface area contributed by atoms with Gasteiger partial charge in [0, 0.05) is 36.6 Å². The van der Waals surface area contributed by atoms with E-state index in [4.69, 9.17) is 9.47 Å². The maximum absolute atomic E-state index is 6.26. The van der Waals surface area contributed by atoms with Gasteiger partial charge in [0.05, 0.1) is 25.4 Å². The third kappa shape index (κ3) is 3.43. The van der Waals surface area contributed by atoms with Crippen LogP contribution in [0.4, 0.5) is 5.69 Å². The van der Waals surface area contributed by atoms with Crippen molar-refractivity contribution in [3.05, 3.63) is 46.7 Å². The Kier molecular flexibility index (Phi) is 4.48. The molecule has 4 nitrogen and oxygen atoms in total. The molecule has 0 aliphatic carbocycles. The number of nitrogens with zero attached hydrogens (tertiary/aromatic N) is 1. The molecule has 2 aromatic rings. The molecular weight excluding hydrogens is 320 g/mol. The highest BCUT2D eigenvalue weighted by atomic mass is 32.1. The number of ether oxygens (including phenoxy) is 2. The van der Waals surface area contributed by atoms with E-state index in [1.807, 2.05) is 23.5 Å². The lowest BCUT2D eigenvalue weighted by Crippen LogP contribution is -2.33. The predicted molar refractivity (Wildman–Crippen MR) is 97.9 cm³/mol. The molecule has 4 rings (SSSR count). The molecule has 5 heteroatoms. The highest BCUT2D eigenvalue weighted by Gasteiger charge is 2.45. The SMILES string of the molecule is COc1ccc(NC2COC3(CCN(Cc4cccs4)C3)C2)cc1. The molecule has 2 aliphatic heterocycles. The van der Waals surface area contributed by atoms with Crippen LogP contribution in [0, 0.1) is 0 Å². The molecule has 2 fully saturated rings. The molecule has 2 aliphatic rings. The van der Waals surface area contributed by atoms with Crippen LogP contribution in [0.1, 0.15) is 17.7 Å². The first kappa shape index (κ1) is 15.9. The number of thiophene rings is 1. The second-order valence-electron chi connectivity index (χ2n) is 6.81. The average molecular weight is 344 g/mol. The van der Waals surface area contributed by atoms with Crippen molar-refractivity contribution >= 4 is 17.0 Å². The fourth-order valence-corrected chi connectivity index (χ4v) is 4.58. The number of rotatable bonds is 5. The highest BCUT2D eigenvalue weighted by molar-refractivity contribution is 7.09. The van der Waals surface area contributed by atoms with Gasteiger partial charge in [0.15, 0.2) is 0 Å². The summed E-state index contributed by atoms with van der Waals surface area (Å²) in [7, 11) is 1.69. The van der Waals surface area contributed by atoms with Gasteiger partial charge in [-0.05, 0) is 42.1 Å². The third-order valence-electron chi connectivity index (χ3n) is 5.02. The number of hydrogen-bond acceptors (Lipinski definition) is 5. The first-order valence-electron chi connectivity index (χ1n) is 8.54. The summed E-state index contributed by atoms with van der Waals surface area (Å²) in [6, 6.07) is 12.9. The Morgan fingerprint density at radius 1 is 1.33 bits per heavy atom. The number of benzene rings is 1. The number of hydrogen-bond donors (Lipinski definition) is 1. The van der Waals surface area contributed by atoms with Gasteiger partial charge in [-0.1, -0.05) is 6.07 Å². The largest absolute Gasteiger partial charge is 0.497 e. The molecule has 0 amide bonds. The molecule has 3 heterocycles. The van der Waals surface area contributed by atoms with Crippen LogP contribution in [0.15, 0.2) is 41.8 Å². The highest BCUT2D eigenvalue weighted by Crippen LogP contribution is 2.37. The Labute approximate surface area is 147 Å². The summed E-state index contributed by atoms with van der Waals surface area (Å²) in [5, 5.41) is 5.76. The monoisotopic (exact) mass is 344 g/mol. The number of methoxy groups -OCH3 is 1. The molecule has 0 bridgehead atoms. The van der Waals surface area contributed by atoms with Gasteiger partial charge in [0.1, 0.15) is 5.75 Å². The van der Waals surface area contributed by atoms with Gasteiger partial charge in [-0.3, -0.25) is 4.90 Å². The van der Waals surface area contributed by atoms with E-state index in [0.717, 1.165) is 50.5 Å². The minimum absolute atomic E-state index is 0.0431. The van der Waals surface area contributed by atoms with E-state index in [-0.39, 0.29) is 5.60 Å². The van der Waals surface area contributed by atoms with Crippen LogP contribution < -0.4 is 10.1 Å². The molecule has 1 N–H and O–H groups in total. The second kappa shape index (κ2) is 6.75. The van der Waals surface area contributed by atoms with Crippen LogP contribution in [0.25, 0.3) is 0 Å². The molecule has 128 valence electrons. The Bertz CT molecular complexity index is 659. The quantitative estimate of drug-likeness (QED) is 0.898. The third-order valence-corrected chi connectivity index (χ3v) is 5.89. The molecular formula is C19H24N2O2S. The molecule has 2 atom stereocenters. The van der Waals surface area contributed by atoms with Crippen molar-refractivity contribution in [1.29, 1.82) is 0 Å². The van der Waals surface area contributed by atoms with Crippen LogP contribution in [0.5, 0.6) is 5.75 Å². The zero-order chi connectivity index (χ0) is 16.4. The summed E-state index contributed by atoms with van der Waals surface area (Å²) in [6.45, 7) is 4.02. The molecule has 1 spiro atoms. The van der Waals surface area contributed by atoms with Crippen molar-refractivity contribution in [3.8, 4) is 5.75 Å². The zero-order valence-corrected chi connectivity index (χ0v) is 14.8. The van der Waals surface area contributed by atoms with Crippen molar-refractivity contribution in [1.82, 2.24) is 4.90 Å².